The van der Waals surface area contributed by atoms with E-state index in [-0.39, 0.29) is 17.5 Å². The Morgan fingerprint density at radius 1 is 1.44 bits per heavy atom. The lowest BCUT2D eigenvalue weighted by atomic mass is 10.1. The molecule has 9 nitrogen and oxygen atoms in total. The third-order valence-corrected chi connectivity index (χ3v) is 5.86. The van der Waals surface area contributed by atoms with Crippen molar-refractivity contribution in [2.45, 2.75) is 17.5 Å². The number of nitrogens with zero attached hydrogens (tertiary/aromatic N) is 4. The Morgan fingerprint density at radius 3 is 3.00 bits per heavy atom. The summed E-state index contributed by atoms with van der Waals surface area (Å²) in [5, 5.41) is 7.15. The van der Waals surface area contributed by atoms with Gasteiger partial charge < -0.3 is 10.1 Å². The molecule has 25 heavy (non-hydrogen) atoms. The maximum Gasteiger partial charge on any atom is 0.327 e. The number of methoxy groups -OCH3 is 1. The number of ether oxygens (including phenoxy) is 1. The van der Waals surface area contributed by atoms with Crippen molar-refractivity contribution in [2.75, 3.05) is 26.7 Å². The van der Waals surface area contributed by atoms with Crippen molar-refractivity contribution in [1.82, 2.24) is 24.4 Å². The summed E-state index contributed by atoms with van der Waals surface area (Å²) in [6, 6.07) is 3.29. The SMILES string of the molecule is COC(=O)Cn1cc(S(=O)(=O)N2CCNCC2c2cccnc2)cn1. The van der Waals surface area contributed by atoms with Gasteiger partial charge in [-0.2, -0.15) is 9.40 Å². The van der Waals surface area contributed by atoms with Gasteiger partial charge in [-0.25, -0.2) is 8.42 Å². The van der Waals surface area contributed by atoms with Crippen molar-refractivity contribution in [3.63, 3.8) is 0 Å². The first-order chi connectivity index (χ1) is 12.0. The number of hydrogen-bond donors (Lipinski definition) is 1. The third-order valence-electron chi connectivity index (χ3n) is 4.00. The molecule has 0 aliphatic carbocycles. The van der Waals surface area contributed by atoms with Gasteiger partial charge in [-0.1, -0.05) is 6.07 Å². The van der Waals surface area contributed by atoms with Gasteiger partial charge in [-0.15, -0.1) is 0 Å². The standard InChI is InChI=1S/C15H19N5O4S/c1-24-15(21)11-19-10-13(8-18-19)25(22,23)20-6-5-17-9-14(20)12-3-2-4-16-7-12/h2-4,7-8,10,14,17H,5-6,9,11H2,1H3. The molecule has 1 aliphatic rings. The summed E-state index contributed by atoms with van der Waals surface area (Å²) in [4.78, 5) is 15.4. The van der Waals surface area contributed by atoms with Crippen molar-refractivity contribution >= 4 is 16.0 Å². The first-order valence-electron chi connectivity index (χ1n) is 7.74. The van der Waals surface area contributed by atoms with Crippen LogP contribution in [-0.4, -0.2) is 60.2 Å². The number of piperazine rings is 1. The van der Waals surface area contributed by atoms with Crippen LogP contribution in [0.15, 0.2) is 41.8 Å². The van der Waals surface area contributed by atoms with Crippen LogP contribution in [0.1, 0.15) is 11.6 Å². The average molecular weight is 365 g/mol. The number of sulfonamides is 1. The fourth-order valence-corrected chi connectivity index (χ4v) is 4.30. The molecule has 0 bridgehead atoms. The molecule has 0 aromatic carbocycles. The highest BCUT2D eigenvalue weighted by Crippen LogP contribution is 2.28. The van der Waals surface area contributed by atoms with Crippen LogP contribution < -0.4 is 5.32 Å². The Bertz CT molecular complexity index is 837. The van der Waals surface area contributed by atoms with E-state index in [1.807, 2.05) is 6.07 Å². The minimum atomic E-state index is -3.75. The Kier molecular flexibility index (Phi) is 5.11. The van der Waals surface area contributed by atoms with E-state index in [2.05, 4.69) is 20.1 Å². The summed E-state index contributed by atoms with van der Waals surface area (Å²) in [6.07, 6.45) is 5.91. The second kappa shape index (κ2) is 7.30. The minimum Gasteiger partial charge on any atom is -0.468 e. The summed E-state index contributed by atoms with van der Waals surface area (Å²) in [6.45, 7) is 1.26. The number of carbonyl (C=O) groups excluding carboxylic acids is 1. The molecule has 0 amide bonds. The monoisotopic (exact) mass is 365 g/mol. The topological polar surface area (TPSA) is 106 Å². The first-order valence-corrected chi connectivity index (χ1v) is 9.18. The highest BCUT2D eigenvalue weighted by Gasteiger charge is 2.35. The quantitative estimate of drug-likeness (QED) is 0.731. The van der Waals surface area contributed by atoms with Crippen molar-refractivity contribution < 1.29 is 17.9 Å². The number of rotatable bonds is 5. The van der Waals surface area contributed by atoms with Gasteiger partial charge in [-0.3, -0.25) is 14.5 Å². The molecule has 0 radical (unpaired) electrons. The van der Waals surface area contributed by atoms with Crippen LogP contribution in [0, 0.1) is 0 Å². The largest absolute Gasteiger partial charge is 0.468 e. The number of carbonyl (C=O) groups is 1. The van der Waals surface area contributed by atoms with Crippen molar-refractivity contribution in [3.05, 3.63) is 42.5 Å². The van der Waals surface area contributed by atoms with Gasteiger partial charge in [0.2, 0.25) is 10.0 Å². The molecule has 1 atom stereocenters. The number of esters is 1. The van der Waals surface area contributed by atoms with Crippen LogP contribution >= 0.6 is 0 Å². The molecular formula is C15H19N5O4S. The summed E-state index contributed by atoms with van der Waals surface area (Å²) >= 11 is 0. The number of pyridine rings is 1. The lowest BCUT2D eigenvalue weighted by Gasteiger charge is -2.34. The van der Waals surface area contributed by atoms with Gasteiger partial charge in [0.25, 0.3) is 0 Å². The highest BCUT2D eigenvalue weighted by atomic mass is 32.2. The maximum absolute atomic E-state index is 13.0. The van der Waals surface area contributed by atoms with Gasteiger partial charge in [0.1, 0.15) is 11.4 Å². The Balaban J connectivity index is 1.88. The molecule has 1 aliphatic heterocycles. The molecule has 3 heterocycles. The molecule has 0 saturated carbocycles. The predicted octanol–water partition coefficient (Wildman–Crippen LogP) is -0.214. The molecule has 1 N–H and O–H groups in total. The van der Waals surface area contributed by atoms with E-state index >= 15 is 0 Å². The average Bonchev–Trinajstić information content (AvgIpc) is 3.11. The fraction of sp³-hybridized carbons (Fsp3) is 0.400. The summed E-state index contributed by atoms with van der Waals surface area (Å²) in [5.41, 5.74) is 0.820. The molecule has 1 unspecified atom stereocenters. The minimum absolute atomic E-state index is 0.0483. The van der Waals surface area contributed by atoms with Crippen LogP contribution in [0.2, 0.25) is 0 Å². The van der Waals surface area contributed by atoms with E-state index in [1.54, 1.807) is 18.5 Å². The first kappa shape index (κ1) is 17.5. The van der Waals surface area contributed by atoms with Crippen molar-refractivity contribution in [2.24, 2.45) is 0 Å². The van der Waals surface area contributed by atoms with E-state index in [4.69, 9.17) is 0 Å². The normalized spacial score (nSPS) is 18.8. The zero-order chi connectivity index (χ0) is 17.9. The van der Waals surface area contributed by atoms with Gasteiger partial charge in [0.05, 0.1) is 19.3 Å². The summed E-state index contributed by atoms with van der Waals surface area (Å²) in [7, 11) is -2.48. The Hall–Kier alpha value is -2.30. The van der Waals surface area contributed by atoms with Crippen molar-refractivity contribution in [1.29, 1.82) is 0 Å². The van der Waals surface area contributed by atoms with Gasteiger partial charge in [0.15, 0.2) is 0 Å². The summed E-state index contributed by atoms with van der Waals surface area (Å²) < 4.78 is 33.4. The van der Waals surface area contributed by atoms with E-state index in [1.165, 1.54) is 28.5 Å². The lowest BCUT2D eigenvalue weighted by Crippen LogP contribution is -2.48. The molecule has 3 rings (SSSR count). The lowest BCUT2D eigenvalue weighted by molar-refractivity contribution is -0.141. The Labute approximate surface area is 145 Å². The third kappa shape index (κ3) is 3.70. The fourth-order valence-electron chi connectivity index (χ4n) is 2.73. The second-order valence-electron chi connectivity index (χ2n) is 5.57. The van der Waals surface area contributed by atoms with E-state index in [0.717, 1.165) is 5.56 Å². The van der Waals surface area contributed by atoms with Crippen molar-refractivity contribution in [3.8, 4) is 0 Å². The number of nitrogens with one attached hydrogen (secondary N) is 1. The zero-order valence-corrected chi connectivity index (χ0v) is 14.5. The van der Waals surface area contributed by atoms with E-state index in [0.29, 0.717) is 19.6 Å². The molecule has 2 aromatic heterocycles. The molecular weight excluding hydrogens is 346 g/mol. The van der Waals surface area contributed by atoms with Crippen LogP contribution in [-0.2, 0) is 26.1 Å². The number of aromatic nitrogens is 3. The molecule has 1 fully saturated rings. The van der Waals surface area contributed by atoms with Crippen LogP contribution in [0.5, 0.6) is 0 Å². The smallest absolute Gasteiger partial charge is 0.327 e. The van der Waals surface area contributed by atoms with Crippen LogP contribution in [0.3, 0.4) is 0 Å². The zero-order valence-electron chi connectivity index (χ0n) is 13.7. The molecule has 1 saturated heterocycles. The molecule has 10 heteroatoms. The highest BCUT2D eigenvalue weighted by molar-refractivity contribution is 7.89. The Morgan fingerprint density at radius 2 is 2.28 bits per heavy atom. The van der Waals surface area contributed by atoms with Gasteiger partial charge >= 0.3 is 5.97 Å². The second-order valence-corrected chi connectivity index (χ2v) is 7.46. The molecule has 2 aromatic rings. The molecule has 0 spiro atoms. The maximum atomic E-state index is 13.0. The van der Waals surface area contributed by atoms with Crippen LogP contribution in [0.25, 0.3) is 0 Å². The van der Waals surface area contributed by atoms with Gasteiger partial charge in [0, 0.05) is 38.2 Å². The van der Waals surface area contributed by atoms with Gasteiger partial charge in [-0.05, 0) is 11.6 Å². The summed E-state index contributed by atoms with van der Waals surface area (Å²) in [5.74, 6) is -0.498. The van der Waals surface area contributed by atoms with E-state index in [9.17, 15) is 13.2 Å². The van der Waals surface area contributed by atoms with Crippen LogP contribution in [0.4, 0.5) is 0 Å². The molecule has 134 valence electrons. The predicted molar refractivity (Wildman–Crippen MR) is 88.0 cm³/mol. The number of hydrogen-bond acceptors (Lipinski definition) is 7. The van der Waals surface area contributed by atoms with E-state index < -0.39 is 16.0 Å².